The number of nitrogens with zero attached hydrogens (tertiary/aromatic N) is 3. The smallest absolute Gasteiger partial charge is 0.110 e. The number of aromatic nitrogens is 2. The van der Waals surface area contributed by atoms with Crippen molar-refractivity contribution in [2.75, 3.05) is 5.75 Å². The normalized spacial score (nSPS) is 10.8. The van der Waals surface area contributed by atoms with Gasteiger partial charge in [0.1, 0.15) is 5.82 Å². The molecule has 3 aromatic rings. The molecule has 3 nitrogen and oxygen atoms in total. The van der Waals surface area contributed by atoms with E-state index < -0.39 is 0 Å². The molecule has 0 N–H and O–H groups in total. The number of rotatable bonds is 6. The third-order valence-corrected chi connectivity index (χ3v) is 4.85. The van der Waals surface area contributed by atoms with Crippen molar-refractivity contribution in [1.82, 2.24) is 9.55 Å². The third kappa shape index (κ3) is 3.87. The maximum atomic E-state index is 8.88. The summed E-state index contributed by atoms with van der Waals surface area (Å²) in [6.45, 7) is 0.692. The highest BCUT2D eigenvalue weighted by molar-refractivity contribution is 7.99. The van der Waals surface area contributed by atoms with Crippen molar-refractivity contribution in [1.29, 1.82) is 5.26 Å². The fourth-order valence-corrected chi connectivity index (χ4v) is 3.49. The van der Waals surface area contributed by atoms with Gasteiger partial charge in [-0.1, -0.05) is 23.7 Å². The van der Waals surface area contributed by atoms with E-state index >= 15 is 0 Å². The van der Waals surface area contributed by atoms with Gasteiger partial charge in [0.2, 0.25) is 0 Å². The Bertz CT molecular complexity index is 834. The Morgan fingerprint density at radius 1 is 1.13 bits per heavy atom. The first-order chi connectivity index (χ1) is 11.3. The van der Waals surface area contributed by atoms with E-state index in [-0.39, 0.29) is 0 Å². The summed E-state index contributed by atoms with van der Waals surface area (Å²) in [6, 6.07) is 18.2. The number of nitriles is 1. The highest BCUT2D eigenvalue weighted by Crippen LogP contribution is 2.23. The summed E-state index contributed by atoms with van der Waals surface area (Å²) in [5.74, 6) is 1.99. The molecule has 2 aromatic carbocycles. The van der Waals surface area contributed by atoms with Gasteiger partial charge in [-0.05, 0) is 36.4 Å². The Labute approximate surface area is 144 Å². The second-order valence-electron chi connectivity index (χ2n) is 5.13. The van der Waals surface area contributed by atoms with Crippen molar-refractivity contribution in [3.63, 3.8) is 0 Å². The Kier molecular flexibility index (Phi) is 5.22. The zero-order valence-corrected chi connectivity index (χ0v) is 14.1. The van der Waals surface area contributed by atoms with Crippen molar-refractivity contribution >= 4 is 34.4 Å². The molecule has 23 heavy (non-hydrogen) atoms. The predicted octanol–water partition coefficient (Wildman–Crippen LogP) is 4.94. The fourth-order valence-electron chi connectivity index (χ4n) is 2.52. The van der Waals surface area contributed by atoms with Gasteiger partial charge in [-0.25, -0.2) is 4.98 Å². The average Bonchev–Trinajstić information content (AvgIpc) is 2.92. The van der Waals surface area contributed by atoms with E-state index in [4.69, 9.17) is 21.8 Å². The third-order valence-electron chi connectivity index (χ3n) is 3.59. The van der Waals surface area contributed by atoms with Gasteiger partial charge in [0.15, 0.2) is 0 Å². The number of halogens is 1. The molecule has 0 spiro atoms. The van der Waals surface area contributed by atoms with Gasteiger partial charge >= 0.3 is 0 Å². The molecule has 1 aromatic heterocycles. The van der Waals surface area contributed by atoms with Crippen molar-refractivity contribution in [2.45, 2.75) is 24.3 Å². The largest absolute Gasteiger partial charge is 0.327 e. The van der Waals surface area contributed by atoms with Crippen LogP contribution in [-0.2, 0) is 13.0 Å². The number of imidazole rings is 1. The minimum atomic E-state index is 0.498. The highest BCUT2D eigenvalue weighted by Gasteiger charge is 2.10. The van der Waals surface area contributed by atoms with Crippen molar-refractivity contribution in [3.8, 4) is 6.07 Å². The van der Waals surface area contributed by atoms with Crippen LogP contribution in [0.2, 0.25) is 5.02 Å². The van der Waals surface area contributed by atoms with Gasteiger partial charge in [-0.15, -0.1) is 11.8 Å². The van der Waals surface area contributed by atoms with Crippen LogP contribution in [0.5, 0.6) is 0 Å². The standard InChI is InChI=1S/C18H16ClN3S/c19-14-6-8-15(9-7-14)23-13-10-18-21-16-4-1-2-5-17(16)22(18)12-3-11-20/h1-2,4-9H,3,10,12-13H2. The molecule has 3 rings (SSSR count). The Morgan fingerprint density at radius 2 is 1.91 bits per heavy atom. The lowest BCUT2D eigenvalue weighted by Crippen LogP contribution is -2.05. The van der Waals surface area contributed by atoms with Gasteiger partial charge in [-0.3, -0.25) is 0 Å². The molecule has 0 fully saturated rings. The van der Waals surface area contributed by atoms with E-state index in [1.54, 1.807) is 11.8 Å². The molecule has 0 saturated heterocycles. The molecule has 0 aliphatic heterocycles. The van der Waals surface area contributed by atoms with Crippen LogP contribution in [0, 0.1) is 11.3 Å². The molecule has 0 aliphatic rings. The molecular weight excluding hydrogens is 326 g/mol. The molecule has 0 atom stereocenters. The molecule has 0 amide bonds. The zero-order chi connectivity index (χ0) is 16.1. The lowest BCUT2D eigenvalue weighted by molar-refractivity contribution is 0.691. The Morgan fingerprint density at radius 3 is 2.70 bits per heavy atom. The van der Waals surface area contributed by atoms with E-state index in [9.17, 15) is 0 Å². The van der Waals surface area contributed by atoms with Crippen molar-refractivity contribution in [3.05, 3.63) is 59.4 Å². The van der Waals surface area contributed by atoms with Gasteiger partial charge in [0.25, 0.3) is 0 Å². The van der Waals surface area contributed by atoms with Crippen LogP contribution in [0.25, 0.3) is 11.0 Å². The quantitative estimate of drug-likeness (QED) is 0.596. The van der Waals surface area contributed by atoms with E-state index in [1.165, 1.54) is 4.90 Å². The maximum Gasteiger partial charge on any atom is 0.110 e. The minimum Gasteiger partial charge on any atom is -0.327 e. The van der Waals surface area contributed by atoms with Crippen LogP contribution in [0.3, 0.4) is 0 Å². The first-order valence-corrected chi connectivity index (χ1v) is 8.84. The summed E-state index contributed by atoms with van der Waals surface area (Å²) < 4.78 is 2.17. The van der Waals surface area contributed by atoms with Gasteiger partial charge < -0.3 is 4.57 Å². The summed E-state index contributed by atoms with van der Waals surface area (Å²) in [4.78, 5) is 5.93. The topological polar surface area (TPSA) is 41.6 Å². The van der Waals surface area contributed by atoms with Crippen LogP contribution >= 0.6 is 23.4 Å². The van der Waals surface area contributed by atoms with Gasteiger partial charge in [0.05, 0.1) is 23.5 Å². The molecule has 116 valence electrons. The number of hydrogen-bond donors (Lipinski definition) is 0. The summed E-state index contributed by atoms with van der Waals surface area (Å²) in [5, 5.41) is 9.63. The Hall–Kier alpha value is -1.96. The molecule has 1 heterocycles. The first kappa shape index (κ1) is 15.9. The van der Waals surface area contributed by atoms with Crippen LogP contribution < -0.4 is 0 Å². The first-order valence-electron chi connectivity index (χ1n) is 7.47. The van der Waals surface area contributed by atoms with E-state index in [1.807, 2.05) is 42.5 Å². The molecule has 0 radical (unpaired) electrons. The number of hydrogen-bond acceptors (Lipinski definition) is 3. The number of fused-ring (bicyclic) bond motifs is 1. The van der Waals surface area contributed by atoms with Gasteiger partial charge in [0, 0.05) is 28.6 Å². The van der Waals surface area contributed by atoms with E-state index in [0.717, 1.165) is 34.1 Å². The zero-order valence-electron chi connectivity index (χ0n) is 12.6. The molecule has 0 unspecified atom stereocenters. The summed E-state index contributed by atoms with van der Waals surface area (Å²) in [7, 11) is 0. The number of thioether (sulfide) groups is 1. The van der Waals surface area contributed by atoms with Crippen LogP contribution in [0.4, 0.5) is 0 Å². The molecule has 0 aliphatic carbocycles. The lowest BCUT2D eigenvalue weighted by Gasteiger charge is -2.07. The number of para-hydroxylation sites is 2. The van der Waals surface area contributed by atoms with Crippen molar-refractivity contribution < 1.29 is 0 Å². The summed E-state index contributed by atoms with van der Waals surface area (Å²) in [5.41, 5.74) is 2.10. The summed E-state index contributed by atoms with van der Waals surface area (Å²) in [6.07, 6.45) is 1.37. The number of benzene rings is 2. The van der Waals surface area contributed by atoms with E-state index in [2.05, 4.69) is 16.7 Å². The van der Waals surface area contributed by atoms with Crippen molar-refractivity contribution in [2.24, 2.45) is 0 Å². The maximum absolute atomic E-state index is 8.88. The molecule has 0 bridgehead atoms. The fraction of sp³-hybridized carbons (Fsp3) is 0.222. The van der Waals surface area contributed by atoms with Gasteiger partial charge in [-0.2, -0.15) is 5.26 Å². The average molecular weight is 342 g/mol. The second kappa shape index (κ2) is 7.54. The highest BCUT2D eigenvalue weighted by atomic mass is 35.5. The van der Waals surface area contributed by atoms with E-state index in [0.29, 0.717) is 13.0 Å². The molecule has 5 heteroatoms. The SMILES string of the molecule is N#CCCn1c(CCSc2ccc(Cl)cc2)nc2ccccc21. The second-order valence-corrected chi connectivity index (χ2v) is 6.73. The molecular formula is C18H16ClN3S. The predicted molar refractivity (Wildman–Crippen MR) is 95.8 cm³/mol. The summed E-state index contributed by atoms with van der Waals surface area (Å²) >= 11 is 7.70. The minimum absolute atomic E-state index is 0.498. The van der Waals surface area contributed by atoms with Crippen LogP contribution in [-0.4, -0.2) is 15.3 Å². The number of aryl methyl sites for hydroxylation is 2. The van der Waals surface area contributed by atoms with Crippen LogP contribution in [0.1, 0.15) is 12.2 Å². The Balaban J connectivity index is 1.73. The van der Waals surface area contributed by atoms with Crippen LogP contribution in [0.15, 0.2) is 53.4 Å². The monoisotopic (exact) mass is 341 g/mol. The lowest BCUT2D eigenvalue weighted by atomic mass is 10.3. The molecule has 0 saturated carbocycles.